The number of H-pyrrole nitrogens is 1. The molecule has 7 heteroatoms. The molecule has 1 fully saturated rings. The summed E-state index contributed by atoms with van der Waals surface area (Å²) < 4.78 is 21.1. The number of ether oxygens (including phenoxy) is 1. The number of esters is 1. The van der Waals surface area contributed by atoms with Gasteiger partial charge in [0.25, 0.3) is 5.54 Å². The number of aromatic amines is 1. The molecule has 1 unspecified atom stereocenters. The Morgan fingerprint density at radius 1 is 1.33 bits per heavy atom. The normalized spacial score (nSPS) is 21.1. The minimum atomic E-state index is -0.926. The van der Waals surface area contributed by atoms with Gasteiger partial charge in [-0.1, -0.05) is 25.8 Å². The van der Waals surface area contributed by atoms with Gasteiger partial charge in [0.15, 0.2) is 0 Å². The van der Waals surface area contributed by atoms with Crippen molar-refractivity contribution in [2.45, 2.75) is 96.6 Å². The molecule has 0 bridgehead atoms. The summed E-state index contributed by atoms with van der Waals surface area (Å²) in [6.45, 7) is 14.7. The fraction of sp³-hybridized carbons (Fsp3) is 0.552. The van der Waals surface area contributed by atoms with Gasteiger partial charge in [0.1, 0.15) is 23.0 Å². The van der Waals surface area contributed by atoms with E-state index in [4.69, 9.17) is 11.3 Å². The molecule has 192 valence electrons. The Balaban J connectivity index is 1.57. The lowest BCUT2D eigenvalue weighted by Crippen LogP contribution is -2.46. The second-order valence-electron chi connectivity index (χ2n) is 10.8. The number of aliphatic hydroxyl groups is 1. The molecule has 0 radical (unpaired) electrons. The monoisotopic (exact) mass is 493 g/mol. The Hall–Kier alpha value is -3.14. The Kier molecular flexibility index (Phi) is 7.26. The van der Waals surface area contributed by atoms with Gasteiger partial charge in [0, 0.05) is 38.8 Å². The molecular formula is C29H36FN3O3. The van der Waals surface area contributed by atoms with E-state index in [0.717, 1.165) is 54.9 Å². The number of aliphatic hydroxyl groups excluding tert-OH is 1. The Morgan fingerprint density at radius 2 is 2.06 bits per heavy atom. The van der Waals surface area contributed by atoms with Crippen molar-refractivity contribution < 1.29 is 19.0 Å². The predicted molar refractivity (Wildman–Crippen MR) is 136 cm³/mol. The quantitative estimate of drug-likeness (QED) is 0.328. The van der Waals surface area contributed by atoms with Crippen molar-refractivity contribution in [3.63, 3.8) is 0 Å². The first kappa shape index (κ1) is 25.9. The van der Waals surface area contributed by atoms with E-state index in [2.05, 4.69) is 14.8 Å². The molecule has 1 saturated carbocycles. The zero-order chi connectivity index (χ0) is 26.1. The number of hydrogen-bond acceptors (Lipinski definition) is 4. The number of cyclic esters (lactones) is 1. The van der Waals surface area contributed by atoms with E-state index in [1.54, 1.807) is 19.9 Å². The first-order valence-corrected chi connectivity index (χ1v) is 12.9. The van der Waals surface area contributed by atoms with Crippen LogP contribution in [0.4, 0.5) is 4.39 Å². The Bertz CT molecular complexity index is 1220. The standard InChI is InChI=1S/C29H36FN3O3/c1-6-26-32-18(2)24(33-26)16-21-25(34)17-29(36-27(21)35,20-9-7-8-10-20)14-13-19-11-12-22(23(30)15-19)28(3,4)31-5/h11-12,15,20,34H,6-10,13-14,16-17H2,1-4H3,(H,32,33). The van der Waals surface area contributed by atoms with Crippen LogP contribution in [-0.4, -0.2) is 26.6 Å². The number of imidazole rings is 1. The van der Waals surface area contributed by atoms with E-state index < -0.39 is 22.9 Å². The van der Waals surface area contributed by atoms with Gasteiger partial charge in [0.2, 0.25) is 0 Å². The van der Waals surface area contributed by atoms with Gasteiger partial charge in [-0.05, 0) is 56.2 Å². The molecule has 1 aliphatic carbocycles. The van der Waals surface area contributed by atoms with Crippen LogP contribution in [0.15, 0.2) is 29.5 Å². The Morgan fingerprint density at radius 3 is 2.64 bits per heavy atom. The minimum absolute atomic E-state index is 0.0823. The number of aryl methyl sites for hydroxylation is 3. The molecule has 36 heavy (non-hydrogen) atoms. The molecule has 2 aromatic rings. The number of nitrogens with zero attached hydrogens (tertiary/aromatic N) is 2. The van der Waals surface area contributed by atoms with Crippen LogP contribution >= 0.6 is 0 Å². The summed E-state index contributed by atoms with van der Waals surface area (Å²) in [5.41, 5.74) is 1.35. The molecule has 0 spiro atoms. The SMILES string of the molecule is [C-]#[N+]C(C)(C)c1ccc(CCC2(C3CCCC3)CC(O)=C(Cc3nc(CC)[nH]c3C)C(=O)O2)cc1F. The lowest BCUT2D eigenvalue weighted by molar-refractivity contribution is -0.167. The molecule has 6 nitrogen and oxygen atoms in total. The van der Waals surface area contributed by atoms with Crippen LogP contribution in [0.25, 0.3) is 4.85 Å². The van der Waals surface area contributed by atoms with Gasteiger partial charge in [-0.15, -0.1) is 0 Å². The van der Waals surface area contributed by atoms with Crippen molar-refractivity contribution in [2.75, 3.05) is 0 Å². The molecule has 4 rings (SSSR count). The molecule has 0 saturated heterocycles. The number of aromatic nitrogens is 2. The second-order valence-corrected chi connectivity index (χ2v) is 10.8. The van der Waals surface area contributed by atoms with Crippen LogP contribution in [0.3, 0.4) is 0 Å². The maximum atomic E-state index is 14.9. The molecule has 1 aromatic heterocycles. The summed E-state index contributed by atoms with van der Waals surface area (Å²) in [7, 11) is 0. The number of benzene rings is 1. The third-order valence-electron chi connectivity index (χ3n) is 7.98. The maximum Gasteiger partial charge on any atom is 0.338 e. The van der Waals surface area contributed by atoms with E-state index in [0.29, 0.717) is 18.4 Å². The summed E-state index contributed by atoms with van der Waals surface area (Å²) >= 11 is 0. The van der Waals surface area contributed by atoms with E-state index in [1.165, 1.54) is 6.07 Å². The van der Waals surface area contributed by atoms with E-state index in [-0.39, 0.29) is 30.1 Å². The lowest BCUT2D eigenvalue weighted by Gasteiger charge is -2.42. The minimum Gasteiger partial charge on any atom is -0.512 e. The zero-order valence-electron chi connectivity index (χ0n) is 21.7. The molecule has 2 heterocycles. The van der Waals surface area contributed by atoms with Crippen molar-refractivity contribution in [3.05, 3.63) is 75.1 Å². The van der Waals surface area contributed by atoms with Gasteiger partial charge < -0.3 is 19.7 Å². The average Bonchev–Trinajstić information content (AvgIpc) is 3.50. The molecule has 2 aliphatic rings. The van der Waals surface area contributed by atoms with Crippen molar-refractivity contribution in [3.8, 4) is 0 Å². The van der Waals surface area contributed by atoms with Gasteiger partial charge in [-0.3, -0.25) is 0 Å². The highest BCUT2D eigenvalue weighted by Gasteiger charge is 2.48. The summed E-state index contributed by atoms with van der Waals surface area (Å²) in [5.74, 6) is 0.222. The topological polar surface area (TPSA) is 79.6 Å². The number of hydrogen-bond donors (Lipinski definition) is 2. The lowest BCUT2D eigenvalue weighted by atomic mass is 9.76. The van der Waals surface area contributed by atoms with Gasteiger partial charge in [-0.25, -0.2) is 20.7 Å². The van der Waals surface area contributed by atoms with Crippen molar-refractivity contribution in [1.29, 1.82) is 0 Å². The summed E-state index contributed by atoms with van der Waals surface area (Å²) in [5, 5.41) is 11.1. The van der Waals surface area contributed by atoms with Gasteiger partial charge in [0.05, 0.1) is 16.8 Å². The first-order valence-electron chi connectivity index (χ1n) is 12.9. The smallest absolute Gasteiger partial charge is 0.338 e. The van der Waals surface area contributed by atoms with Crippen molar-refractivity contribution in [2.24, 2.45) is 5.92 Å². The zero-order valence-corrected chi connectivity index (χ0v) is 21.7. The van der Waals surface area contributed by atoms with E-state index in [1.807, 2.05) is 19.9 Å². The second kappa shape index (κ2) is 10.1. The number of nitrogens with one attached hydrogen (secondary N) is 1. The number of rotatable bonds is 8. The predicted octanol–water partition coefficient (Wildman–Crippen LogP) is 6.44. The van der Waals surface area contributed by atoms with Gasteiger partial charge >= 0.3 is 5.97 Å². The molecule has 1 aromatic carbocycles. The van der Waals surface area contributed by atoms with Crippen molar-refractivity contribution in [1.82, 2.24) is 9.97 Å². The molecule has 0 amide bonds. The van der Waals surface area contributed by atoms with Crippen LogP contribution in [0, 0.1) is 25.2 Å². The molecule has 1 atom stereocenters. The van der Waals surface area contributed by atoms with E-state index >= 15 is 0 Å². The largest absolute Gasteiger partial charge is 0.512 e. The maximum absolute atomic E-state index is 14.9. The van der Waals surface area contributed by atoms with Crippen LogP contribution in [0.1, 0.15) is 87.6 Å². The highest BCUT2D eigenvalue weighted by molar-refractivity contribution is 5.90. The van der Waals surface area contributed by atoms with Crippen LogP contribution in [-0.2, 0) is 34.3 Å². The Labute approximate surface area is 212 Å². The summed E-state index contributed by atoms with van der Waals surface area (Å²) in [4.78, 5) is 24.6. The van der Waals surface area contributed by atoms with Crippen LogP contribution in [0.5, 0.6) is 0 Å². The van der Waals surface area contributed by atoms with Crippen molar-refractivity contribution >= 4 is 5.97 Å². The highest BCUT2D eigenvalue weighted by atomic mass is 19.1. The number of carbonyl (C=O) groups is 1. The number of carbonyl (C=O) groups excluding carboxylic acids is 1. The third-order valence-corrected chi connectivity index (χ3v) is 7.98. The fourth-order valence-corrected chi connectivity index (χ4v) is 5.68. The highest BCUT2D eigenvalue weighted by Crippen LogP contribution is 2.46. The van der Waals surface area contributed by atoms with Gasteiger partial charge in [-0.2, -0.15) is 0 Å². The summed E-state index contributed by atoms with van der Waals surface area (Å²) in [6, 6.07) is 5.03. The first-order chi connectivity index (χ1) is 17.1. The molecule has 2 N–H and O–H groups in total. The molecule has 1 aliphatic heterocycles. The van der Waals surface area contributed by atoms with Crippen LogP contribution < -0.4 is 0 Å². The third kappa shape index (κ3) is 5.04. The average molecular weight is 494 g/mol. The molecular weight excluding hydrogens is 457 g/mol. The fourth-order valence-electron chi connectivity index (χ4n) is 5.68. The van der Waals surface area contributed by atoms with E-state index in [9.17, 15) is 14.3 Å². The summed E-state index contributed by atoms with van der Waals surface area (Å²) in [6.07, 6.45) is 6.32. The van der Waals surface area contributed by atoms with Crippen LogP contribution in [0.2, 0.25) is 0 Å². The number of halogens is 1.